The second-order valence-electron chi connectivity index (χ2n) is 3.95. The van der Waals surface area contributed by atoms with Gasteiger partial charge in [0.15, 0.2) is 0 Å². The summed E-state index contributed by atoms with van der Waals surface area (Å²) in [6, 6.07) is 6.49. The molecule has 2 rings (SSSR count). The first kappa shape index (κ1) is 13.4. The number of anilines is 1. The average molecular weight is 322 g/mol. The molecule has 0 spiro atoms. The molecule has 6 heteroatoms. The number of pyridine rings is 1. The van der Waals surface area contributed by atoms with Crippen molar-refractivity contribution in [3.63, 3.8) is 0 Å². The Morgan fingerprint density at radius 1 is 1.32 bits per heavy atom. The maximum atomic E-state index is 11.0. The molecule has 2 aromatic rings. The molecule has 98 valence electrons. The minimum Gasteiger partial charge on any atom is -0.438 e. The van der Waals surface area contributed by atoms with Crippen LogP contribution in [0.4, 0.5) is 5.69 Å². The summed E-state index contributed by atoms with van der Waals surface area (Å²) >= 11 is 3.38. The smallest absolute Gasteiger partial charge is 0.248 e. The molecule has 0 bridgehead atoms. The third-order valence-corrected chi connectivity index (χ3v) is 3.56. The summed E-state index contributed by atoms with van der Waals surface area (Å²) < 4.78 is 6.31. The number of nitrogens with zero attached hydrogens (tertiary/aromatic N) is 1. The third kappa shape index (κ3) is 2.85. The van der Waals surface area contributed by atoms with E-state index in [0.717, 1.165) is 5.56 Å². The van der Waals surface area contributed by atoms with Gasteiger partial charge in [-0.1, -0.05) is 0 Å². The van der Waals surface area contributed by atoms with Crippen molar-refractivity contribution in [1.29, 1.82) is 0 Å². The number of hydrogen-bond acceptors (Lipinski definition) is 4. The predicted molar refractivity (Wildman–Crippen MR) is 76.1 cm³/mol. The predicted octanol–water partition coefficient (Wildman–Crippen LogP) is 2.63. The van der Waals surface area contributed by atoms with E-state index >= 15 is 0 Å². The summed E-state index contributed by atoms with van der Waals surface area (Å²) in [6.45, 7) is 1.87. The SMILES string of the molecule is Cc1c(N)cnc(Oc2ccc(C(N)=O)cc2)c1Br. The van der Waals surface area contributed by atoms with E-state index in [2.05, 4.69) is 20.9 Å². The highest BCUT2D eigenvalue weighted by molar-refractivity contribution is 9.10. The van der Waals surface area contributed by atoms with E-state index in [1.807, 2.05) is 6.92 Å². The van der Waals surface area contributed by atoms with Crippen LogP contribution in [0.2, 0.25) is 0 Å². The zero-order valence-corrected chi connectivity index (χ0v) is 11.8. The Labute approximate surface area is 118 Å². The van der Waals surface area contributed by atoms with E-state index in [-0.39, 0.29) is 0 Å². The van der Waals surface area contributed by atoms with Gasteiger partial charge in [-0.15, -0.1) is 0 Å². The van der Waals surface area contributed by atoms with Crippen molar-refractivity contribution >= 4 is 27.5 Å². The number of amides is 1. The van der Waals surface area contributed by atoms with Crippen LogP contribution in [0.5, 0.6) is 11.6 Å². The molecule has 0 radical (unpaired) electrons. The van der Waals surface area contributed by atoms with Crippen LogP contribution < -0.4 is 16.2 Å². The number of hydrogen-bond donors (Lipinski definition) is 2. The van der Waals surface area contributed by atoms with Crippen molar-refractivity contribution in [1.82, 2.24) is 4.98 Å². The van der Waals surface area contributed by atoms with Gasteiger partial charge in [0.1, 0.15) is 5.75 Å². The topological polar surface area (TPSA) is 91.2 Å². The lowest BCUT2D eigenvalue weighted by molar-refractivity contribution is 0.100. The van der Waals surface area contributed by atoms with Gasteiger partial charge in [-0.2, -0.15) is 0 Å². The Balaban J connectivity index is 2.26. The van der Waals surface area contributed by atoms with Gasteiger partial charge in [0.05, 0.1) is 16.4 Å². The van der Waals surface area contributed by atoms with Crippen LogP contribution in [0.1, 0.15) is 15.9 Å². The lowest BCUT2D eigenvalue weighted by atomic mass is 10.2. The molecule has 1 amide bonds. The Hall–Kier alpha value is -2.08. The molecule has 0 aliphatic rings. The first-order valence-electron chi connectivity index (χ1n) is 5.47. The molecule has 1 aromatic carbocycles. The van der Waals surface area contributed by atoms with E-state index in [4.69, 9.17) is 16.2 Å². The summed E-state index contributed by atoms with van der Waals surface area (Å²) in [4.78, 5) is 15.1. The maximum Gasteiger partial charge on any atom is 0.248 e. The maximum absolute atomic E-state index is 11.0. The number of carbonyl (C=O) groups is 1. The van der Waals surface area contributed by atoms with Crippen molar-refractivity contribution < 1.29 is 9.53 Å². The molecule has 0 aliphatic heterocycles. The Kier molecular flexibility index (Phi) is 3.71. The summed E-state index contributed by atoms with van der Waals surface area (Å²) in [6.07, 6.45) is 1.53. The molecule has 0 aliphatic carbocycles. The highest BCUT2D eigenvalue weighted by Crippen LogP contribution is 2.32. The molecular formula is C13H12BrN3O2. The number of nitrogens with two attached hydrogens (primary N) is 2. The Morgan fingerprint density at radius 3 is 2.53 bits per heavy atom. The van der Waals surface area contributed by atoms with Crippen LogP contribution in [-0.2, 0) is 0 Å². The molecule has 5 nitrogen and oxygen atoms in total. The minimum atomic E-state index is -0.478. The van der Waals surface area contributed by atoms with Gasteiger partial charge in [-0.3, -0.25) is 4.79 Å². The van der Waals surface area contributed by atoms with Crippen LogP contribution in [0.15, 0.2) is 34.9 Å². The molecule has 0 fully saturated rings. The highest BCUT2D eigenvalue weighted by Gasteiger charge is 2.10. The van der Waals surface area contributed by atoms with Gasteiger partial charge in [0, 0.05) is 5.56 Å². The van der Waals surface area contributed by atoms with E-state index in [0.29, 0.717) is 27.4 Å². The van der Waals surface area contributed by atoms with E-state index < -0.39 is 5.91 Å². The average Bonchev–Trinajstić information content (AvgIpc) is 2.40. The zero-order chi connectivity index (χ0) is 14.0. The number of aromatic nitrogens is 1. The number of ether oxygens (including phenoxy) is 1. The minimum absolute atomic E-state index is 0.415. The van der Waals surface area contributed by atoms with Crippen molar-refractivity contribution in [2.24, 2.45) is 5.73 Å². The van der Waals surface area contributed by atoms with Crippen LogP contribution in [-0.4, -0.2) is 10.9 Å². The number of benzene rings is 1. The van der Waals surface area contributed by atoms with E-state index in [9.17, 15) is 4.79 Å². The molecule has 0 atom stereocenters. The molecular weight excluding hydrogens is 310 g/mol. The van der Waals surface area contributed by atoms with E-state index in [1.54, 1.807) is 24.3 Å². The van der Waals surface area contributed by atoms with Gasteiger partial charge in [0.25, 0.3) is 0 Å². The molecule has 1 aromatic heterocycles. The normalized spacial score (nSPS) is 10.2. The van der Waals surface area contributed by atoms with Crippen LogP contribution in [0.3, 0.4) is 0 Å². The second-order valence-corrected chi connectivity index (χ2v) is 4.74. The molecule has 0 saturated carbocycles. The fourth-order valence-corrected chi connectivity index (χ4v) is 1.85. The first-order valence-corrected chi connectivity index (χ1v) is 6.26. The van der Waals surface area contributed by atoms with Crippen LogP contribution in [0.25, 0.3) is 0 Å². The van der Waals surface area contributed by atoms with Gasteiger partial charge in [-0.05, 0) is 52.7 Å². The number of primary amides is 1. The highest BCUT2D eigenvalue weighted by atomic mass is 79.9. The first-order chi connectivity index (χ1) is 8.99. The van der Waals surface area contributed by atoms with Crippen LogP contribution >= 0.6 is 15.9 Å². The van der Waals surface area contributed by atoms with Gasteiger partial charge in [-0.25, -0.2) is 4.98 Å². The van der Waals surface area contributed by atoms with Crippen molar-refractivity contribution in [3.8, 4) is 11.6 Å². The van der Waals surface area contributed by atoms with E-state index in [1.165, 1.54) is 6.20 Å². The van der Waals surface area contributed by atoms with Gasteiger partial charge < -0.3 is 16.2 Å². The quantitative estimate of drug-likeness (QED) is 0.909. The summed E-state index contributed by atoms with van der Waals surface area (Å²) in [5, 5.41) is 0. The molecule has 19 heavy (non-hydrogen) atoms. The van der Waals surface area contributed by atoms with Gasteiger partial charge in [0.2, 0.25) is 11.8 Å². The van der Waals surface area contributed by atoms with Crippen molar-refractivity contribution in [3.05, 3.63) is 46.1 Å². The number of halogens is 1. The van der Waals surface area contributed by atoms with Gasteiger partial charge >= 0.3 is 0 Å². The summed E-state index contributed by atoms with van der Waals surface area (Å²) in [7, 11) is 0. The monoisotopic (exact) mass is 321 g/mol. The van der Waals surface area contributed by atoms with Crippen molar-refractivity contribution in [2.45, 2.75) is 6.92 Å². The number of rotatable bonds is 3. The standard InChI is InChI=1S/C13H12BrN3O2/c1-7-10(15)6-17-13(11(7)14)19-9-4-2-8(3-5-9)12(16)18/h2-6H,15H2,1H3,(H2,16,18). The largest absolute Gasteiger partial charge is 0.438 e. The Morgan fingerprint density at radius 2 is 1.95 bits per heavy atom. The summed E-state index contributed by atoms with van der Waals surface area (Å²) in [5.41, 5.74) is 12.8. The number of nitrogen functional groups attached to an aromatic ring is 1. The molecule has 1 heterocycles. The fraction of sp³-hybridized carbons (Fsp3) is 0.0769. The third-order valence-electron chi connectivity index (χ3n) is 2.62. The lowest BCUT2D eigenvalue weighted by Gasteiger charge is -2.10. The molecule has 0 saturated heterocycles. The van der Waals surface area contributed by atoms with Crippen molar-refractivity contribution in [2.75, 3.05) is 5.73 Å². The molecule has 4 N–H and O–H groups in total. The second kappa shape index (κ2) is 5.27. The lowest BCUT2D eigenvalue weighted by Crippen LogP contribution is -2.10. The molecule has 0 unspecified atom stereocenters. The Bertz CT molecular complexity index is 627. The zero-order valence-electron chi connectivity index (χ0n) is 10.2. The fourth-order valence-electron chi connectivity index (χ4n) is 1.44. The van der Waals surface area contributed by atoms with Crippen LogP contribution in [0, 0.1) is 6.92 Å². The summed E-state index contributed by atoms with van der Waals surface area (Å²) in [5.74, 6) is 0.495. The number of carbonyl (C=O) groups excluding carboxylic acids is 1.